The smallest absolute Gasteiger partial charge is 0.167 e. The van der Waals surface area contributed by atoms with Crippen LogP contribution in [0.15, 0.2) is 173 Å². The minimum absolute atomic E-state index is 0.545. The molecule has 5 heteroatoms. The average molecular weight is 642 g/mol. The van der Waals surface area contributed by atoms with Crippen LogP contribution in [0.5, 0.6) is 0 Å². The number of para-hydroxylation sites is 3. The van der Waals surface area contributed by atoms with Gasteiger partial charge in [0, 0.05) is 32.7 Å². The third kappa shape index (κ3) is 4.75. The zero-order chi connectivity index (χ0) is 33.0. The van der Waals surface area contributed by atoms with E-state index in [9.17, 15) is 0 Å². The fourth-order valence-corrected chi connectivity index (χ4v) is 6.89. The second-order valence-corrected chi connectivity index (χ2v) is 12.4. The van der Waals surface area contributed by atoms with E-state index in [4.69, 9.17) is 23.8 Å². The third-order valence-corrected chi connectivity index (χ3v) is 9.34. The Morgan fingerprint density at radius 3 is 1.56 bits per heavy atom. The van der Waals surface area contributed by atoms with Crippen LogP contribution in [0.25, 0.3) is 100 Å². The van der Waals surface area contributed by atoms with Crippen LogP contribution in [-0.2, 0) is 0 Å². The van der Waals surface area contributed by atoms with Gasteiger partial charge in [-0.1, -0.05) is 115 Å². The Balaban J connectivity index is 1.16. The molecule has 3 heterocycles. The maximum absolute atomic E-state index is 6.44. The van der Waals surface area contributed by atoms with E-state index in [0.29, 0.717) is 17.5 Å². The minimum atomic E-state index is 0.545. The molecule has 0 aliphatic rings. The maximum atomic E-state index is 6.44. The fraction of sp³-hybridized carbons (Fsp3) is 0. The lowest BCUT2D eigenvalue weighted by molar-refractivity contribution is 0.669. The zero-order valence-electron chi connectivity index (χ0n) is 26.7. The molecule has 5 nitrogen and oxygen atoms in total. The third-order valence-electron chi connectivity index (χ3n) is 9.34. The molecular formula is C45H27N3O2. The molecule has 3 aromatic heterocycles. The summed E-state index contributed by atoms with van der Waals surface area (Å²) in [5, 5.41) is 4.15. The topological polar surface area (TPSA) is 65.0 Å². The molecule has 0 radical (unpaired) electrons. The molecule has 10 aromatic rings. The van der Waals surface area contributed by atoms with E-state index >= 15 is 0 Å². The molecule has 0 saturated heterocycles. The molecule has 0 bridgehead atoms. The highest BCUT2D eigenvalue weighted by atomic mass is 16.3. The van der Waals surface area contributed by atoms with Crippen LogP contribution in [0.4, 0.5) is 0 Å². The zero-order valence-corrected chi connectivity index (χ0v) is 26.7. The number of hydrogen-bond donors (Lipinski definition) is 0. The second-order valence-electron chi connectivity index (χ2n) is 12.4. The first-order valence-corrected chi connectivity index (χ1v) is 16.6. The van der Waals surface area contributed by atoms with E-state index in [2.05, 4.69) is 97.1 Å². The predicted octanol–water partition coefficient (Wildman–Crippen LogP) is 12.0. The van der Waals surface area contributed by atoms with E-state index < -0.39 is 0 Å². The van der Waals surface area contributed by atoms with Gasteiger partial charge in [-0.05, 0) is 70.8 Å². The molecule has 0 aliphatic heterocycles. The number of fused-ring (bicyclic) bond motifs is 6. The monoisotopic (exact) mass is 641 g/mol. The van der Waals surface area contributed by atoms with Gasteiger partial charge in [-0.2, -0.15) is 0 Å². The Morgan fingerprint density at radius 2 is 0.800 bits per heavy atom. The van der Waals surface area contributed by atoms with Crippen molar-refractivity contribution in [3.63, 3.8) is 0 Å². The van der Waals surface area contributed by atoms with Crippen LogP contribution in [0.1, 0.15) is 0 Å². The number of aromatic nitrogens is 3. The van der Waals surface area contributed by atoms with Gasteiger partial charge < -0.3 is 8.83 Å². The first-order chi connectivity index (χ1) is 24.7. The average Bonchev–Trinajstić information content (AvgIpc) is 3.76. The Kier molecular flexibility index (Phi) is 6.42. The number of nitrogens with zero attached hydrogens (tertiary/aromatic N) is 3. The predicted molar refractivity (Wildman–Crippen MR) is 202 cm³/mol. The molecule has 50 heavy (non-hydrogen) atoms. The summed E-state index contributed by atoms with van der Waals surface area (Å²) >= 11 is 0. The lowest BCUT2D eigenvalue weighted by Crippen LogP contribution is -2.00. The van der Waals surface area contributed by atoms with Crippen molar-refractivity contribution in [2.24, 2.45) is 0 Å². The first kappa shape index (κ1) is 28.2. The van der Waals surface area contributed by atoms with Gasteiger partial charge >= 0.3 is 0 Å². The van der Waals surface area contributed by atoms with Crippen LogP contribution in [0.3, 0.4) is 0 Å². The van der Waals surface area contributed by atoms with Crippen molar-refractivity contribution < 1.29 is 8.83 Å². The molecule has 7 aromatic carbocycles. The van der Waals surface area contributed by atoms with Crippen molar-refractivity contribution in [1.29, 1.82) is 0 Å². The molecule has 0 spiro atoms. The minimum Gasteiger partial charge on any atom is -0.456 e. The summed E-state index contributed by atoms with van der Waals surface area (Å²) in [5.41, 5.74) is 10.4. The molecule has 234 valence electrons. The van der Waals surface area contributed by atoms with Crippen molar-refractivity contribution in [3.05, 3.63) is 164 Å². The van der Waals surface area contributed by atoms with Crippen LogP contribution in [0, 0.1) is 0 Å². The highest BCUT2D eigenvalue weighted by molar-refractivity contribution is 6.09. The quantitative estimate of drug-likeness (QED) is 0.187. The van der Waals surface area contributed by atoms with E-state index in [1.807, 2.05) is 66.7 Å². The highest BCUT2D eigenvalue weighted by Gasteiger charge is 2.19. The van der Waals surface area contributed by atoms with Crippen molar-refractivity contribution in [1.82, 2.24) is 15.0 Å². The molecule has 0 N–H and O–H groups in total. The number of hydrogen-bond acceptors (Lipinski definition) is 5. The molecule has 0 fully saturated rings. The normalized spacial score (nSPS) is 11.6. The van der Waals surface area contributed by atoms with Crippen molar-refractivity contribution in [3.8, 4) is 56.4 Å². The van der Waals surface area contributed by atoms with Gasteiger partial charge in [0.25, 0.3) is 0 Å². The van der Waals surface area contributed by atoms with E-state index in [1.54, 1.807) is 0 Å². The van der Waals surface area contributed by atoms with E-state index in [1.165, 1.54) is 11.1 Å². The standard InChI is InChI=1S/C45H27N3O2/c1-2-11-28(12-3-1)29-13-8-14-30(25-29)31-15-9-16-32(26-31)43-46-44(33-23-24-41-38(27-33)35-18-5-6-21-39(35)49-41)48-45(47-43)37-20-10-19-36-34-17-4-7-22-40(34)50-42(36)37/h1-27H. The van der Waals surface area contributed by atoms with Gasteiger partial charge in [-0.15, -0.1) is 0 Å². The van der Waals surface area contributed by atoms with Crippen molar-refractivity contribution in [2.75, 3.05) is 0 Å². The molecule has 0 unspecified atom stereocenters. The molecule has 0 amide bonds. The van der Waals surface area contributed by atoms with Gasteiger partial charge in [0.05, 0.1) is 5.56 Å². The number of furan rings is 2. The van der Waals surface area contributed by atoms with E-state index in [0.717, 1.165) is 71.7 Å². The Hall–Kier alpha value is -6.85. The van der Waals surface area contributed by atoms with Crippen molar-refractivity contribution in [2.45, 2.75) is 0 Å². The summed E-state index contributed by atoms with van der Waals surface area (Å²) in [6.07, 6.45) is 0. The van der Waals surface area contributed by atoms with Crippen LogP contribution >= 0.6 is 0 Å². The maximum Gasteiger partial charge on any atom is 0.167 e. The Morgan fingerprint density at radius 1 is 0.300 bits per heavy atom. The molecule has 10 rings (SSSR count). The lowest BCUT2D eigenvalue weighted by Gasteiger charge is -2.11. The number of rotatable bonds is 5. The lowest BCUT2D eigenvalue weighted by atomic mass is 9.98. The van der Waals surface area contributed by atoms with Gasteiger partial charge in [0.1, 0.15) is 22.3 Å². The van der Waals surface area contributed by atoms with Gasteiger partial charge in [0.15, 0.2) is 17.5 Å². The van der Waals surface area contributed by atoms with Crippen molar-refractivity contribution >= 4 is 43.9 Å². The summed E-state index contributed by atoms with van der Waals surface area (Å²) in [5.74, 6) is 1.70. The highest BCUT2D eigenvalue weighted by Crippen LogP contribution is 2.37. The molecule has 0 saturated carbocycles. The van der Waals surface area contributed by atoms with E-state index in [-0.39, 0.29) is 0 Å². The van der Waals surface area contributed by atoms with Gasteiger partial charge in [-0.3, -0.25) is 0 Å². The second kappa shape index (κ2) is 11.4. The summed E-state index contributed by atoms with van der Waals surface area (Å²) in [4.78, 5) is 15.3. The summed E-state index contributed by atoms with van der Waals surface area (Å²) in [6, 6.07) is 55.9. The summed E-state index contributed by atoms with van der Waals surface area (Å²) in [6.45, 7) is 0. The molecule has 0 atom stereocenters. The fourth-order valence-electron chi connectivity index (χ4n) is 6.89. The Labute approximate surface area is 287 Å². The van der Waals surface area contributed by atoms with Crippen LogP contribution in [-0.4, -0.2) is 15.0 Å². The molecule has 0 aliphatic carbocycles. The summed E-state index contributed by atoms with van der Waals surface area (Å²) in [7, 11) is 0. The van der Waals surface area contributed by atoms with Crippen LogP contribution < -0.4 is 0 Å². The Bertz CT molecular complexity index is 2890. The van der Waals surface area contributed by atoms with Gasteiger partial charge in [-0.25, -0.2) is 15.0 Å². The largest absolute Gasteiger partial charge is 0.456 e. The SMILES string of the molecule is c1ccc(-c2cccc(-c3cccc(-c4nc(-c5ccc6oc7ccccc7c6c5)nc(-c5cccc6c5oc5ccccc56)n4)c3)c2)cc1. The summed E-state index contributed by atoms with van der Waals surface area (Å²) < 4.78 is 12.6. The van der Waals surface area contributed by atoms with Gasteiger partial charge in [0.2, 0.25) is 0 Å². The number of benzene rings is 7. The van der Waals surface area contributed by atoms with Crippen LogP contribution in [0.2, 0.25) is 0 Å². The first-order valence-electron chi connectivity index (χ1n) is 16.6. The molecular weight excluding hydrogens is 615 g/mol.